The normalized spacial score (nSPS) is 11.7. The number of aldehydes is 1. The Morgan fingerprint density at radius 3 is 2.44 bits per heavy atom. The summed E-state index contributed by atoms with van der Waals surface area (Å²) in [7, 11) is 0. The predicted octanol–water partition coefficient (Wildman–Crippen LogP) is 4.18. The van der Waals surface area contributed by atoms with Gasteiger partial charge in [0.05, 0.1) is 12.6 Å². The maximum atomic E-state index is 12.4. The first-order chi connectivity index (χ1) is 13.0. The molecular weight excluding hydrogens is 342 g/mol. The molecule has 0 fully saturated rings. The molecule has 2 rings (SSSR count). The molecule has 0 heterocycles. The first-order valence-corrected chi connectivity index (χ1v) is 9.22. The van der Waals surface area contributed by atoms with Crippen molar-refractivity contribution in [1.29, 1.82) is 0 Å². The topological polar surface area (TPSA) is 64.6 Å². The van der Waals surface area contributed by atoms with Crippen LogP contribution >= 0.6 is 0 Å². The lowest BCUT2D eigenvalue weighted by atomic mass is 9.97. The van der Waals surface area contributed by atoms with Crippen LogP contribution in [0.3, 0.4) is 0 Å². The minimum absolute atomic E-state index is 0.0638. The molecule has 2 aromatic rings. The van der Waals surface area contributed by atoms with E-state index in [4.69, 9.17) is 9.47 Å². The molecule has 1 N–H and O–H groups in total. The van der Waals surface area contributed by atoms with E-state index in [1.807, 2.05) is 37.3 Å². The molecule has 0 aromatic heterocycles. The lowest BCUT2D eigenvalue weighted by Gasteiger charge is -2.21. The molecule has 1 atom stereocenters. The van der Waals surface area contributed by atoms with Crippen LogP contribution in [0.15, 0.2) is 48.5 Å². The van der Waals surface area contributed by atoms with E-state index in [0.29, 0.717) is 29.6 Å². The highest BCUT2D eigenvalue weighted by molar-refractivity contribution is 5.79. The van der Waals surface area contributed by atoms with E-state index >= 15 is 0 Å². The third-order valence-corrected chi connectivity index (χ3v) is 4.01. The molecular formula is C22H27NO4. The molecule has 5 heteroatoms. The van der Waals surface area contributed by atoms with Crippen LogP contribution in [0.2, 0.25) is 0 Å². The molecule has 0 saturated heterocycles. The Morgan fingerprint density at radius 1 is 1.07 bits per heavy atom. The summed E-state index contributed by atoms with van der Waals surface area (Å²) in [5.41, 5.74) is 1.57. The highest BCUT2D eigenvalue weighted by Crippen LogP contribution is 2.28. The summed E-state index contributed by atoms with van der Waals surface area (Å²) in [6.07, 6.45) is 1.59. The largest absolute Gasteiger partial charge is 0.490 e. The molecule has 0 spiro atoms. The Kier molecular flexibility index (Phi) is 7.86. The second-order valence-electron chi connectivity index (χ2n) is 6.71. The summed E-state index contributed by atoms with van der Waals surface area (Å²) in [6.45, 7) is 6.42. The zero-order chi connectivity index (χ0) is 19.6. The van der Waals surface area contributed by atoms with E-state index < -0.39 is 0 Å². The van der Waals surface area contributed by atoms with Gasteiger partial charge in [-0.1, -0.05) is 44.2 Å². The zero-order valence-corrected chi connectivity index (χ0v) is 16.1. The summed E-state index contributed by atoms with van der Waals surface area (Å²) >= 11 is 0. The van der Waals surface area contributed by atoms with Gasteiger partial charge in [0.2, 0.25) is 0 Å². The molecule has 0 bridgehead atoms. The lowest BCUT2D eigenvalue weighted by Crippen LogP contribution is -2.33. The van der Waals surface area contributed by atoms with Gasteiger partial charge in [0, 0.05) is 5.56 Å². The van der Waals surface area contributed by atoms with Gasteiger partial charge in [-0.2, -0.15) is 0 Å². The summed E-state index contributed by atoms with van der Waals surface area (Å²) in [4.78, 5) is 23.4. The Hall–Kier alpha value is -2.82. The molecule has 0 radical (unpaired) electrons. The summed E-state index contributed by atoms with van der Waals surface area (Å²) < 4.78 is 11.1. The number of amides is 1. The fourth-order valence-corrected chi connectivity index (χ4v) is 2.80. The number of nitrogens with one attached hydrogen (secondary N) is 1. The van der Waals surface area contributed by atoms with Crippen LogP contribution in [-0.4, -0.2) is 25.4 Å². The number of carbonyl (C=O) groups is 2. The van der Waals surface area contributed by atoms with E-state index in [1.54, 1.807) is 18.2 Å². The summed E-state index contributed by atoms with van der Waals surface area (Å²) in [5.74, 6) is 1.14. The monoisotopic (exact) mass is 369 g/mol. The van der Waals surface area contributed by atoms with Gasteiger partial charge in [-0.3, -0.25) is 9.59 Å². The molecule has 2 aromatic carbocycles. The van der Waals surface area contributed by atoms with Crippen molar-refractivity contribution >= 4 is 12.2 Å². The second kappa shape index (κ2) is 10.4. The van der Waals surface area contributed by atoms with Crippen LogP contribution in [0.1, 0.15) is 49.2 Å². The van der Waals surface area contributed by atoms with Gasteiger partial charge in [-0.15, -0.1) is 0 Å². The third-order valence-electron chi connectivity index (χ3n) is 4.01. The zero-order valence-electron chi connectivity index (χ0n) is 16.1. The van der Waals surface area contributed by atoms with E-state index in [0.717, 1.165) is 18.3 Å². The number of carbonyl (C=O) groups excluding carboxylic acids is 2. The van der Waals surface area contributed by atoms with Gasteiger partial charge < -0.3 is 14.8 Å². The van der Waals surface area contributed by atoms with Crippen LogP contribution in [-0.2, 0) is 4.79 Å². The molecule has 0 saturated carbocycles. The van der Waals surface area contributed by atoms with Gasteiger partial charge >= 0.3 is 0 Å². The van der Waals surface area contributed by atoms with Crippen molar-refractivity contribution in [1.82, 2.24) is 5.32 Å². The Balaban J connectivity index is 2.02. The predicted molar refractivity (Wildman–Crippen MR) is 105 cm³/mol. The summed E-state index contributed by atoms with van der Waals surface area (Å²) in [5, 5.41) is 3.05. The molecule has 5 nitrogen and oxygen atoms in total. The van der Waals surface area contributed by atoms with Gasteiger partial charge in [-0.05, 0) is 43.0 Å². The fourth-order valence-electron chi connectivity index (χ4n) is 2.80. The van der Waals surface area contributed by atoms with Crippen LogP contribution in [0.5, 0.6) is 11.5 Å². The van der Waals surface area contributed by atoms with Crippen LogP contribution in [0, 0.1) is 5.92 Å². The first kappa shape index (κ1) is 20.5. The maximum Gasteiger partial charge on any atom is 0.258 e. The number of benzene rings is 2. The molecule has 1 amide bonds. The average molecular weight is 369 g/mol. The second-order valence-corrected chi connectivity index (χ2v) is 6.71. The lowest BCUT2D eigenvalue weighted by molar-refractivity contribution is -0.124. The van der Waals surface area contributed by atoms with E-state index in [-0.39, 0.29) is 18.6 Å². The Bertz CT molecular complexity index is 743. The highest BCUT2D eigenvalue weighted by atomic mass is 16.5. The van der Waals surface area contributed by atoms with Crippen LogP contribution in [0.4, 0.5) is 0 Å². The molecule has 144 valence electrons. The SMILES string of the molecule is CCOc1cc(C=O)ccc1OCC(=O)N[C@H](CC(C)C)c1ccccc1. The number of hydrogen-bond donors (Lipinski definition) is 1. The average Bonchev–Trinajstić information content (AvgIpc) is 2.67. The number of ether oxygens (including phenoxy) is 2. The van der Waals surface area contributed by atoms with Crippen LogP contribution < -0.4 is 14.8 Å². The first-order valence-electron chi connectivity index (χ1n) is 9.22. The van der Waals surface area contributed by atoms with Crippen molar-refractivity contribution in [2.24, 2.45) is 5.92 Å². The standard InChI is InChI=1S/C22H27NO4/c1-4-26-21-13-17(14-24)10-11-20(21)27-15-22(25)23-19(12-16(2)3)18-8-6-5-7-9-18/h5-11,13-14,16,19H,4,12,15H2,1-3H3,(H,23,25)/t19-/m1/s1. The van der Waals surface area contributed by atoms with Gasteiger partial charge in [0.25, 0.3) is 5.91 Å². The molecule has 0 aliphatic carbocycles. The minimum Gasteiger partial charge on any atom is -0.490 e. The van der Waals surface area contributed by atoms with Crippen molar-refractivity contribution < 1.29 is 19.1 Å². The maximum absolute atomic E-state index is 12.4. The highest BCUT2D eigenvalue weighted by Gasteiger charge is 2.17. The molecule has 0 unspecified atom stereocenters. The fraction of sp³-hybridized carbons (Fsp3) is 0.364. The van der Waals surface area contributed by atoms with Gasteiger partial charge in [-0.25, -0.2) is 0 Å². The minimum atomic E-state index is -0.202. The van der Waals surface area contributed by atoms with Crippen molar-refractivity contribution in [3.8, 4) is 11.5 Å². The van der Waals surface area contributed by atoms with Gasteiger partial charge in [0.1, 0.15) is 6.29 Å². The Labute approximate surface area is 160 Å². The van der Waals surface area contributed by atoms with E-state index in [1.165, 1.54) is 0 Å². The smallest absolute Gasteiger partial charge is 0.258 e. The van der Waals surface area contributed by atoms with Crippen molar-refractivity contribution in [3.63, 3.8) is 0 Å². The number of rotatable bonds is 10. The van der Waals surface area contributed by atoms with Crippen molar-refractivity contribution in [3.05, 3.63) is 59.7 Å². The summed E-state index contributed by atoms with van der Waals surface area (Å²) in [6, 6.07) is 14.7. The number of hydrogen-bond acceptors (Lipinski definition) is 4. The molecule has 27 heavy (non-hydrogen) atoms. The van der Waals surface area contributed by atoms with Crippen molar-refractivity contribution in [2.45, 2.75) is 33.2 Å². The van der Waals surface area contributed by atoms with Crippen molar-refractivity contribution in [2.75, 3.05) is 13.2 Å². The van der Waals surface area contributed by atoms with E-state index in [2.05, 4.69) is 19.2 Å². The van der Waals surface area contributed by atoms with E-state index in [9.17, 15) is 9.59 Å². The Morgan fingerprint density at radius 2 is 1.81 bits per heavy atom. The van der Waals surface area contributed by atoms with Gasteiger partial charge in [0.15, 0.2) is 18.1 Å². The molecule has 0 aliphatic heterocycles. The molecule has 0 aliphatic rings. The van der Waals surface area contributed by atoms with Crippen LogP contribution in [0.25, 0.3) is 0 Å². The quantitative estimate of drug-likeness (QED) is 0.638. The third kappa shape index (κ3) is 6.44.